The zero-order valence-corrected chi connectivity index (χ0v) is 18.0. The van der Waals surface area contributed by atoms with Crippen LogP contribution in [0.25, 0.3) is 0 Å². The molecule has 1 aromatic carbocycles. The summed E-state index contributed by atoms with van der Waals surface area (Å²) in [6.45, 7) is 3.69. The second kappa shape index (κ2) is 9.28. The van der Waals surface area contributed by atoms with Gasteiger partial charge in [0.1, 0.15) is 16.5 Å². The van der Waals surface area contributed by atoms with Crippen molar-refractivity contribution in [1.29, 1.82) is 0 Å². The summed E-state index contributed by atoms with van der Waals surface area (Å²) >= 11 is 1.45. The SMILES string of the molecule is CCOC(=O)c1c(NC(=O)Cc2ccc(OC)cc2OC)sc2c1CCN(C)C2. The highest BCUT2D eigenvalue weighted by Gasteiger charge is 2.28. The Bertz CT molecular complexity index is 909. The molecule has 156 valence electrons. The molecule has 0 bridgehead atoms. The minimum Gasteiger partial charge on any atom is -0.497 e. The maximum Gasteiger partial charge on any atom is 0.341 e. The molecule has 0 spiro atoms. The average Bonchev–Trinajstić information content (AvgIpc) is 3.05. The van der Waals surface area contributed by atoms with E-state index in [1.807, 2.05) is 7.05 Å². The van der Waals surface area contributed by atoms with Crippen LogP contribution in [0.5, 0.6) is 11.5 Å². The third-order valence-corrected chi connectivity index (χ3v) is 5.96. The van der Waals surface area contributed by atoms with Crippen LogP contribution in [0.4, 0.5) is 5.00 Å². The minimum atomic E-state index is -0.383. The number of amides is 1. The van der Waals surface area contributed by atoms with Crippen molar-refractivity contribution in [3.8, 4) is 11.5 Å². The van der Waals surface area contributed by atoms with E-state index in [0.717, 1.165) is 35.5 Å². The molecule has 2 heterocycles. The highest BCUT2D eigenvalue weighted by molar-refractivity contribution is 7.17. The van der Waals surface area contributed by atoms with Crippen LogP contribution < -0.4 is 14.8 Å². The number of rotatable bonds is 7. The number of anilines is 1. The third kappa shape index (κ3) is 4.71. The predicted molar refractivity (Wildman–Crippen MR) is 112 cm³/mol. The van der Waals surface area contributed by atoms with Crippen molar-refractivity contribution < 1.29 is 23.8 Å². The largest absolute Gasteiger partial charge is 0.497 e. The molecule has 0 unspecified atom stereocenters. The molecule has 0 aliphatic carbocycles. The van der Waals surface area contributed by atoms with Gasteiger partial charge in [-0.15, -0.1) is 11.3 Å². The number of ether oxygens (including phenoxy) is 3. The lowest BCUT2D eigenvalue weighted by Crippen LogP contribution is -2.26. The van der Waals surface area contributed by atoms with Crippen molar-refractivity contribution >= 4 is 28.2 Å². The summed E-state index contributed by atoms with van der Waals surface area (Å²) in [6.07, 6.45) is 0.885. The first-order valence-electron chi connectivity index (χ1n) is 9.47. The monoisotopic (exact) mass is 418 g/mol. The van der Waals surface area contributed by atoms with Gasteiger partial charge >= 0.3 is 5.97 Å². The van der Waals surface area contributed by atoms with E-state index >= 15 is 0 Å². The standard InChI is InChI=1S/C21H26N2O5S/c1-5-28-21(25)19-15-8-9-23(2)12-17(15)29-20(19)22-18(24)10-13-6-7-14(26-3)11-16(13)27-4/h6-7,11H,5,8-10,12H2,1-4H3,(H,22,24). The number of likely N-dealkylation sites (N-methyl/N-ethyl adjacent to an activating group) is 1. The fourth-order valence-electron chi connectivity index (χ4n) is 3.38. The number of carbonyl (C=O) groups is 2. The van der Waals surface area contributed by atoms with Gasteiger partial charge in [0.25, 0.3) is 0 Å². The molecule has 1 aliphatic heterocycles. The molecule has 7 nitrogen and oxygen atoms in total. The smallest absolute Gasteiger partial charge is 0.341 e. The van der Waals surface area contributed by atoms with E-state index in [4.69, 9.17) is 14.2 Å². The number of carbonyl (C=O) groups excluding carboxylic acids is 2. The van der Waals surface area contributed by atoms with Crippen LogP contribution in [-0.2, 0) is 28.9 Å². The second-order valence-electron chi connectivity index (χ2n) is 6.82. The summed E-state index contributed by atoms with van der Waals surface area (Å²) in [5, 5.41) is 3.48. The van der Waals surface area contributed by atoms with Gasteiger partial charge in [0.05, 0.1) is 32.8 Å². The molecular weight excluding hydrogens is 392 g/mol. The van der Waals surface area contributed by atoms with Gasteiger partial charge in [-0.3, -0.25) is 4.79 Å². The molecule has 3 rings (SSSR count). The van der Waals surface area contributed by atoms with Crippen LogP contribution in [0.2, 0.25) is 0 Å². The highest BCUT2D eigenvalue weighted by atomic mass is 32.1. The summed E-state index contributed by atoms with van der Waals surface area (Å²) in [7, 11) is 5.17. The minimum absolute atomic E-state index is 0.123. The first-order chi connectivity index (χ1) is 14.0. The number of methoxy groups -OCH3 is 2. The maximum absolute atomic E-state index is 12.8. The lowest BCUT2D eigenvalue weighted by molar-refractivity contribution is -0.115. The summed E-state index contributed by atoms with van der Waals surface area (Å²) in [5.41, 5.74) is 2.23. The lowest BCUT2D eigenvalue weighted by Gasteiger charge is -2.22. The predicted octanol–water partition coefficient (Wildman–Crippen LogP) is 3.11. The van der Waals surface area contributed by atoms with Gasteiger partial charge in [0.15, 0.2) is 0 Å². The van der Waals surface area contributed by atoms with Crippen molar-refractivity contribution in [2.24, 2.45) is 0 Å². The number of fused-ring (bicyclic) bond motifs is 1. The van der Waals surface area contributed by atoms with Crippen LogP contribution in [0.3, 0.4) is 0 Å². The van der Waals surface area contributed by atoms with E-state index in [2.05, 4.69) is 10.2 Å². The van der Waals surface area contributed by atoms with Crippen molar-refractivity contribution in [1.82, 2.24) is 4.90 Å². The summed E-state index contributed by atoms with van der Waals surface area (Å²) < 4.78 is 15.8. The Labute approximate surface area is 174 Å². The van der Waals surface area contributed by atoms with Gasteiger partial charge in [-0.1, -0.05) is 6.07 Å². The number of hydrogen-bond donors (Lipinski definition) is 1. The zero-order valence-electron chi connectivity index (χ0n) is 17.2. The Kier molecular flexibility index (Phi) is 6.76. The fourth-order valence-corrected chi connectivity index (χ4v) is 4.71. The molecule has 0 atom stereocenters. The lowest BCUT2D eigenvalue weighted by atomic mass is 10.0. The van der Waals surface area contributed by atoms with Gasteiger partial charge in [-0.2, -0.15) is 0 Å². The number of benzene rings is 1. The maximum atomic E-state index is 12.8. The Morgan fingerprint density at radius 1 is 1.24 bits per heavy atom. The first-order valence-corrected chi connectivity index (χ1v) is 10.3. The summed E-state index contributed by atoms with van der Waals surface area (Å²) in [5.74, 6) is 0.640. The van der Waals surface area contributed by atoms with E-state index < -0.39 is 0 Å². The van der Waals surface area contributed by atoms with Gasteiger partial charge in [0, 0.05) is 29.6 Å². The molecule has 0 radical (unpaired) electrons. The Morgan fingerprint density at radius 2 is 2.03 bits per heavy atom. The summed E-state index contributed by atoms with van der Waals surface area (Å²) in [6, 6.07) is 5.33. The van der Waals surface area contributed by atoms with Crippen LogP contribution in [0, 0.1) is 0 Å². The van der Waals surface area contributed by atoms with Gasteiger partial charge in [0.2, 0.25) is 5.91 Å². The molecule has 1 aliphatic rings. The Balaban J connectivity index is 1.84. The topological polar surface area (TPSA) is 77.1 Å². The van der Waals surface area contributed by atoms with Crippen LogP contribution in [-0.4, -0.2) is 51.2 Å². The highest BCUT2D eigenvalue weighted by Crippen LogP contribution is 2.37. The van der Waals surface area contributed by atoms with Gasteiger partial charge < -0.3 is 24.4 Å². The molecule has 8 heteroatoms. The number of hydrogen-bond acceptors (Lipinski definition) is 7. The van der Waals surface area contributed by atoms with Crippen molar-refractivity contribution in [3.63, 3.8) is 0 Å². The first kappa shape index (κ1) is 21.1. The van der Waals surface area contributed by atoms with Crippen LogP contribution >= 0.6 is 11.3 Å². The van der Waals surface area contributed by atoms with Gasteiger partial charge in [-0.05, 0) is 32.0 Å². The zero-order chi connectivity index (χ0) is 21.0. The Morgan fingerprint density at radius 3 is 2.72 bits per heavy atom. The summed E-state index contributed by atoms with van der Waals surface area (Å²) in [4.78, 5) is 28.6. The van der Waals surface area contributed by atoms with E-state index in [0.29, 0.717) is 28.7 Å². The van der Waals surface area contributed by atoms with Gasteiger partial charge in [-0.25, -0.2) is 4.79 Å². The fraction of sp³-hybridized carbons (Fsp3) is 0.429. The Hall–Kier alpha value is -2.58. The molecule has 1 aromatic heterocycles. The molecule has 0 saturated heterocycles. The van der Waals surface area contributed by atoms with E-state index in [1.165, 1.54) is 11.3 Å². The van der Waals surface area contributed by atoms with E-state index in [1.54, 1.807) is 39.3 Å². The van der Waals surface area contributed by atoms with Crippen LogP contribution in [0.15, 0.2) is 18.2 Å². The second-order valence-corrected chi connectivity index (χ2v) is 7.92. The quantitative estimate of drug-likeness (QED) is 0.697. The molecular formula is C21H26N2O5S. The van der Waals surface area contributed by atoms with Crippen molar-refractivity contribution in [2.75, 3.05) is 39.7 Å². The number of nitrogens with one attached hydrogen (secondary N) is 1. The third-order valence-electron chi connectivity index (χ3n) is 4.83. The van der Waals surface area contributed by atoms with E-state index in [-0.39, 0.29) is 18.3 Å². The molecule has 1 N–H and O–H groups in total. The van der Waals surface area contributed by atoms with Crippen molar-refractivity contribution in [2.45, 2.75) is 26.3 Å². The number of thiophene rings is 1. The normalized spacial score (nSPS) is 13.5. The molecule has 0 fully saturated rings. The van der Waals surface area contributed by atoms with E-state index in [9.17, 15) is 9.59 Å². The average molecular weight is 419 g/mol. The molecule has 29 heavy (non-hydrogen) atoms. The molecule has 1 amide bonds. The van der Waals surface area contributed by atoms with Crippen molar-refractivity contribution in [3.05, 3.63) is 39.8 Å². The van der Waals surface area contributed by atoms with Crippen LogP contribution in [0.1, 0.15) is 33.3 Å². The molecule has 0 saturated carbocycles. The number of esters is 1. The molecule has 2 aromatic rings. The number of nitrogens with zero attached hydrogens (tertiary/aromatic N) is 1.